The van der Waals surface area contributed by atoms with Crippen molar-refractivity contribution in [3.63, 3.8) is 0 Å². The first-order valence-electron chi connectivity index (χ1n) is 11.7. The number of hydrogen-bond acceptors (Lipinski definition) is 4. The summed E-state index contributed by atoms with van der Waals surface area (Å²) in [5.74, 6) is 1.32. The Morgan fingerprint density at radius 3 is 2.66 bits per heavy atom. The van der Waals surface area contributed by atoms with Crippen LogP contribution in [0.4, 0.5) is 5.69 Å². The molecule has 2 aliphatic rings. The minimum Gasteiger partial charge on any atom is -0.494 e. The van der Waals surface area contributed by atoms with Crippen LogP contribution in [0.25, 0.3) is 0 Å². The molecule has 0 radical (unpaired) electrons. The third-order valence-corrected chi connectivity index (χ3v) is 6.47. The number of rotatable bonds is 7. The van der Waals surface area contributed by atoms with Crippen molar-refractivity contribution in [2.45, 2.75) is 65.1 Å². The van der Waals surface area contributed by atoms with Crippen LogP contribution in [-0.4, -0.2) is 35.6 Å². The van der Waals surface area contributed by atoms with Gasteiger partial charge in [0.15, 0.2) is 6.04 Å². The number of hydrogen-bond donors (Lipinski definition) is 1. The van der Waals surface area contributed by atoms with Crippen LogP contribution in [0.15, 0.2) is 36.5 Å². The third-order valence-electron chi connectivity index (χ3n) is 6.47. The zero-order valence-electron chi connectivity index (χ0n) is 19.2. The molecule has 1 saturated carbocycles. The lowest BCUT2D eigenvalue weighted by molar-refractivity contribution is -0.129. The molecule has 3 unspecified atom stereocenters. The number of benzene rings is 1. The number of aromatic nitrogens is 1. The lowest BCUT2D eigenvalue weighted by Crippen LogP contribution is -2.52. The molecule has 0 saturated heterocycles. The van der Waals surface area contributed by atoms with Crippen molar-refractivity contribution in [3.8, 4) is 11.5 Å². The monoisotopic (exact) mass is 439 g/mol. The fourth-order valence-corrected chi connectivity index (χ4v) is 4.85. The standard InChI is InChI=1S/C25H33N3O4/c1-4-31-18-12-13-22(32-5-2)21(15-18)28-23(29)16-27-14-8-11-20(27)24(28)25(30)26-19-10-7-6-9-17(19)3/h8,11-15,17,19,24H,4-7,9-10,16H2,1-3H3,(H,26,30). The van der Waals surface area contributed by atoms with Crippen molar-refractivity contribution < 1.29 is 19.1 Å². The van der Waals surface area contributed by atoms with Crippen LogP contribution in [0.3, 0.4) is 0 Å². The van der Waals surface area contributed by atoms with Crippen LogP contribution in [0.1, 0.15) is 58.2 Å². The Bertz CT molecular complexity index is 970. The van der Waals surface area contributed by atoms with Gasteiger partial charge in [-0.05, 0) is 56.9 Å². The Hall–Kier alpha value is -2.96. The quantitative estimate of drug-likeness (QED) is 0.706. The van der Waals surface area contributed by atoms with Gasteiger partial charge in [-0.1, -0.05) is 19.8 Å². The van der Waals surface area contributed by atoms with E-state index in [9.17, 15) is 9.59 Å². The molecule has 1 aliphatic heterocycles. The molecule has 1 aromatic carbocycles. The minimum atomic E-state index is -0.767. The largest absolute Gasteiger partial charge is 0.494 e. The highest BCUT2D eigenvalue weighted by Gasteiger charge is 2.41. The molecule has 3 atom stereocenters. The summed E-state index contributed by atoms with van der Waals surface area (Å²) in [6, 6.07) is 8.60. The lowest BCUT2D eigenvalue weighted by atomic mass is 9.85. The number of ether oxygens (including phenoxy) is 2. The van der Waals surface area contributed by atoms with Crippen LogP contribution in [0.2, 0.25) is 0 Å². The molecule has 1 aliphatic carbocycles. The normalized spacial score (nSPS) is 22.9. The van der Waals surface area contributed by atoms with Gasteiger partial charge in [0.05, 0.1) is 24.6 Å². The molecule has 0 spiro atoms. The number of carbonyl (C=O) groups is 2. The molecule has 0 bridgehead atoms. The summed E-state index contributed by atoms with van der Waals surface area (Å²) in [6.45, 7) is 7.14. The van der Waals surface area contributed by atoms with Crippen molar-refractivity contribution in [1.82, 2.24) is 9.88 Å². The SMILES string of the molecule is CCOc1ccc(OCC)c(N2C(=O)Cn3cccc3C2C(=O)NC2CCCCC2C)c1. The van der Waals surface area contributed by atoms with Crippen molar-refractivity contribution in [3.05, 3.63) is 42.2 Å². The van der Waals surface area contributed by atoms with Gasteiger partial charge in [0.1, 0.15) is 18.0 Å². The molecular weight excluding hydrogens is 406 g/mol. The summed E-state index contributed by atoms with van der Waals surface area (Å²) in [4.78, 5) is 28.7. The lowest BCUT2D eigenvalue weighted by Gasteiger charge is -2.38. The number of carbonyl (C=O) groups excluding carboxylic acids is 2. The maximum Gasteiger partial charge on any atom is 0.249 e. The number of anilines is 1. The first-order chi connectivity index (χ1) is 15.5. The third kappa shape index (κ3) is 4.33. The average molecular weight is 440 g/mol. The van der Waals surface area contributed by atoms with Gasteiger partial charge in [0.25, 0.3) is 0 Å². The predicted octanol–water partition coefficient (Wildman–Crippen LogP) is 4.07. The van der Waals surface area contributed by atoms with Gasteiger partial charge in [-0.2, -0.15) is 0 Å². The molecule has 2 heterocycles. The Kier molecular flexibility index (Phi) is 6.72. The second-order valence-corrected chi connectivity index (χ2v) is 8.60. The fourth-order valence-electron chi connectivity index (χ4n) is 4.85. The number of nitrogens with zero attached hydrogens (tertiary/aromatic N) is 2. The highest BCUT2D eigenvalue weighted by Crippen LogP contribution is 2.40. The Morgan fingerprint density at radius 2 is 1.91 bits per heavy atom. The Morgan fingerprint density at radius 1 is 1.12 bits per heavy atom. The maximum absolute atomic E-state index is 13.7. The molecule has 32 heavy (non-hydrogen) atoms. The van der Waals surface area contributed by atoms with Crippen molar-refractivity contribution >= 4 is 17.5 Å². The summed E-state index contributed by atoms with van der Waals surface area (Å²) < 4.78 is 13.4. The molecule has 7 nitrogen and oxygen atoms in total. The van der Waals surface area contributed by atoms with Gasteiger partial charge in [-0.15, -0.1) is 0 Å². The number of amides is 2. The summed E-state index contributed by atoms with van der Waals surface area (Å²) in [5.41, 5.74) is 1.36. The van der Waals surface area contributed by atoms with E-state index in [-0.39, 0.29) is 24.4 Å². The van der Waals surface area contributed by atoms with E-state index in [0.717, 1.165) is 25.0 Å². The second-order valence-electron chi connectivity index (χ2n) is 8.60. The van der Waals surface area contributed by atoms with Gasteiger partial charge in [-0.3, -0.25) is 14.5 Å². The molecule has 1 fully saturated rings. The zero-order valence-corrected chi connectivity index (χ0v) is 19.2. The van der Waals surface area contributed by atoms with E-state index in [1.165, 1.54) is 6.42 Å². The smallest absolute Gasteiger partial charge is 0.249 e. The maximum atomic E-state index is 13.7. The summed E-state index contributed by atoms with van der Waals surface area (Å²) in [5, 5.41) is 3.26. The van der Waals surface area contributed by atoms with Crippen LogP contribution < -0.4 is 19.7 Å². The van der Waals surface area contributed by atoms with Crippen LogP contribution >= 0.6 is 0 Å². The Labute approximate surface area is 189 Å². The molecule has 7 heteroatoms. The Balaban J connectivity index is 1.75. The van der Waals surface area contributed by atoms with Crippen LogP contribution in [0, 0.1) is 5.92 Å². The summed E-state index contributed by atoms with van der Waals surface area (Å²) in [7, 11) is 0. The number of nitrogens with one attached hydrogen (secondary N) is 1. The van der Waals surface area contributed by atoms with Crippen LogP contribution in [0.5, 0.6) is 11.5 Å². The van der Waals surface area contributed by atoms with E-state index in [1.807, 2.05) is 48.9 Å². The zero-order chi connectivity index (χ0) is 22.7. The van der Waals surface area contributed by atoms with Gasteiger partial charge in [0.2, 0.25) is 11.8 Å². The van der Waals surface area contributed by atoms with Gasteiger partial charge in [-0.25, -0.2) is 0 Å². The first kappa shape index (κ1) is 22.2. The van der Waals surface area contributed by atoms with E-state index in [0.29, 0.717) is 36.3 Å². The molecule has 172 valence electrons. The average Bonchev–Trinajstić information content (AvgIpc) is 3.23. The fraction of sp³-hybridized carbons (Fsp3) is 0.520. The minimum absolute atomic E-state index is 0.125. The molecule has 1 N–H and O–H groups in total. The predicted molar refractivity (Wildman–Crippen MR) is 123 cm³/mol. The van der Waals surface area contributed by atoms with E-state index in [4.69, 9.17) is 9.47 Å². The van der Waals surface area contributed by atoms with Gasteiger partial charge < -0.3 is 19.4 Å². The molecule has 2 aromatic rings. The molecule has 4 rings (SSSR count). The van der Waals surface area contributed by atoms with E-state index >= 15 is 0 Å². The number of fused-ring (bicyclic) bond motifs is 1. The summed E-state index contributed by atoms with van der Waals surface area (Å²) in [6.07, 6.45) is 6.25. The van der Waals surface area contributed by atoms with E-state index in [1.54, 1.807) is 11.0 Å². The second kappa shape index (κ2) is 9.67. The van der Waals surface area contributed by atoms with E-state index in [2.05, 4.69) is 12.2 Å². The summed E-state index contributed by atoms with van der Waals surface area (Å²) >= 11 is 0. The van der Waals surface area contributed by atoms with E-state index < -0.39 is 6.04 Å². The molecule has 2 amide bonds. The van der Waals surface area contributed by atoms with Crippen molar-refractivity contribution in [2.75, 3.05) is 18.1 Å². The highest BCUT2D eigenvalue weighted by atomic mass is 16.5. The first-order valence-corrected chi connectivity index (χ1v) is 11.7. The van der Waals surface area contributed by atoms with Crippen LogP contribution in [-0.2, 0) is 16.1 Å². The van der Waals surface area contributed by atoms with Gasteiger partial charge >= 0.3 is 0 Å². The van der Waals surface area contributed by atoms with Crippen molar-refractivity contribution in [2.24, 2.45) is 5.92 Å². The van der Waals surface area contributed by atoms with Gasteiger partial charge in [0, 0.05) is 18.3 Å². The molecule has 1 aromatic heterocycles. The van der Waals surface area contributed by atoms with Crippen molar-refractivity contribution in [1.29, 1.82) is 0 Å². The molecular formula is C25H33N3O4. The highest BCUT2D eigenvalue weighted by molar-refractivity contribution is 6.03. The topological polar surface area (TPSA) is 72.8 Å².